The Morgan fingerprint density at radius 2 is 1.95 bits per heavy atom. The molecule has 0 radical (unpaired) electrons. The lowest BCUT2D eigenvalue weighted by atomic mass is 10.0. The number of benzene rings is 2. The lowest BCUT2D eigenvalue weighted by Crippen LogP contribution is -2.03. The molecular formula is C15H11BrO3. The standard InChI is InChI=1S/C15H11BrO3/c16-12-3-1-2-10(6-12)7-13(17)11-4-5-14-15(8-11)19-9-18-14/h1-6,8H,7,9H2. The Balaban J connectivity index is 1.81. The first-order valence-electron chi connectivity index (χ1n) is 5.90. The Bertz CT molecular complexity index is 637. The number of hydrogen-bond donors (Lipinski definition) is 0. The monoisotopic (exact) mass is 318 g/mol. The summed E-state index contributed by atoms with van der Waals surface area (Å²) in [6.45, 7) is 0.221. The number of ether oxygens (including phenoxy) is 2. The van der Waals surface area contributed by atoms with E-state index in [1.54, 1.807) is 18.2 Å². The fourth-order valence-corrected chi connectivity index (χ4v) is 2.45. The van der Waals surface area contributed by atoms with Gasteiger partial charge in [-0.3, -0.25) is 4.79 Å². The maximum atomic E-state index is 12.2. The predicted molar refractivity (Wildman–Crippen MR) is 74.7 cm³/mol. The second kappa shape index (κ2) is 5.05. The van der Waals surface area contributed by atoms with Crippen LogP contribution in [0.1, 0.15) is 15.9 Å². The molecule has 0 aliphatic carbocycles. The van der Waals surface area contributed by atoms with Crippen molar-refractivity contribution < 1.29 is 14.3 Å². The highest BCUT2D eigenvalue weighted by Gasteiger charge is 2.16. The SMILES string of the molecule is O=C(Cc1cccc(Br)c1)c1ccc2c(c1)OCO2. The molecule has 0 aromatic heterocycles. The van der Waals surface area contributed by atoms with Crippen LogP contribution in [0.4, 0.5) is 0 Å². The molecule has 0 fully saturated rings. The molecule has 2 aromatic carbocycles. The number of fused-ring (bicyclic) bond motifs is 1. The van der Waals surface area contributed by atoms with E-state index in [1.807, 2.05) is 24.3 Å². The minimum absolute atomic E-state index is 0.0661. The van der Waals surface area contributed by atoms with E-state index >= 15 is 0 Å². The van der Waals surface area contributed by atoms with Crippen LogP contribution in [-0.2, 0) is 6.42 Å². The molecule has 4 heteroatoms. The number of carbonyl (C=O) groups is 1. The normalized spacial score (nSPS) is 12.5. The van der Waals surface area contributed by atoms with Gasteiger partial charge >= 0.3 is 0 Å². The predicted octanol–water partition coefficient (Wildman–Crippen LogP) is 3.60. The van der Waals surface area contributed by atoms with Crippen LogP contribution in [0.5, 0.6) is 11.5 Å². The van der Waals surface area contributed by atoms with Gasteiger partial charge in [-0.25, -0.2) is 0 Å². The van der Waals surface area contributed by atoms with Crippen LogP contribution in [0.15, 0.2) is 46.9 Å². The van der Waals surface area contributed by atoms with Crippen LogP contribution in [0, 0.1) is 0 Å². The summed E-state index contributed by atoms with van der Waals surface area (Å²) in [5, 5.41) is 0. The molecule has 0 spiro atoms. The van der Waals surface area contributed by atoms with Gasteiger partial charge in [0.2, 0.25) is 6.79 Å². The summed E-state index contributed by atoms with van der Waals surface area (Å²) in [6.07, 6.45) is 0.374. The van der Waals surface area contributed by atoms with E-state index in [9.17, 15) is 4.79 Å². The third-order valence-corrected chi connectivity index (χ3v) is 3.44. The van der Waals surface area contributed by atoms with Gasteiger partial charge in [0.05, 0.1) is 0 Å². The molecule has 1 aliphatic heterocycles. The minimum atomic E-state index is 0.0661. The first-order chi connectivity index (χ1) is 9.22. The van der Waals surface area contributed by atoms with E-state index in [-0.39, 0.29) is 12.6 Å². The molecule has 0 atom stereocenters. The van der Waals surface area contributed by atoms with Gasteiger partial charge in [-0.15, -0.1) is 0 Å². The average Bonchev–Trinajstić information content (AvgIpc) is 2.85. The fraction of sp³-hybridized carbons (Fsp3) is 0.133. The summed E-state index contributed by atoms with van der Waals surface area (Å²) in [6, 6.07) is 13.0. The molecule has 3 rings (SSSR count). The van der Waals surface area contributed by atoms with E-state index in [0.29, 0.717) is 23.5 Å². The minimum Gasteiger partial charge on any atom is -0.454 e. The van der Waals surface area contributed by atoms with Crippen molar-refractivity contribution in [2.45, 2.75) is 6.42 Å². The third-order valence-electron chi connectivity index (χ3n) is 2.95. The molecule has 0 saturated carbocycles. The number of hydrogen-bond acceptors (Lipinski definition) is 3. The zero-order valence-corrected chi connectivity index (χ0v) is 11.6. The Hall–Kier alpha value is -1.81. The second-order valence-corrected chi connectivity index (χ2v) is 5.21. The Kier molecular flexibility index (Phi) is 3.25. The highest BCUT2D eigenvalue weighted by Crippen LogP contribution is 2.32. The highest BCUT2D eigenvalue weighted by atomic mass is 79.9. The van der Waals surface area contributed by atoms with E-state index < -0.39 is 0 Å². The average molecular weight is 319 g/mol. The van der Waals surface area contributed by atoms with E-state index in [1.165, 1.54) is 0 Å². The molecule has 0 N–H and O–H groups in total. The third kappa shape index (κ3) is 2.63. The summed E-state index contributed by atoms with van der Waals surface area (Å²) in [5.74, 6) is 1.40. The van der Waals surface area contributed by atoms with Crippen molar-refractivity contribution in [1.82, 2.24) is 0 Å². The number of carbonyl (C=O) groups excluding carboxylic acids is 1. The molecule has 96 valence electrons. The molecule has 2 aromatic rings. The van der Waals surface area contributed by atoms with Crippen LogP contribution < -0.4 is 9.47 Å². The van der Waals surface area contributed by atoms with Gasteiger partial charge in [0.1, 0.15) is 0 Å². The molecule has 0 saturated heterocycles. The van der Waals surface area contributed by atoms with E-state index in [0.717, 1.165) is 10.0 Å². The first kappa shape index (κ1) is 12.2. The van der Waals surface area contributed by atoms with Crippen molar-refractivity contribution in [2.24, 2.45) is 0 Å². The zero-order valence-electron chi connectivity index (χ0n) is 10.1. The maximum absolute atomic E-state index is 12.2. The molecule has 0 amide bonds. The summed E-state index contributed by atoms with van der Waals surface area (Å²) >= 11 is 3.40. The van der Waals surface area contributed by atoms with Gasteiger partial charge in [-0.05, 0) is 35.9 Å². The fourth-order valence-electron chi connectivity index (χ4n) is 2.00. The Morgan fingerprint density at radius 3 is 2.79 bits per heavy atom. The lowest BCUT2D eigenvalue weighted by Gasteiger charge is -2.03. The van der Waals surface area contributed by atoms with Gasteiger partial charge < -0.3 is 9.47 Å². The quantitative estimate of drug-likeness (QED) is 0.811. The van der Waals surface area contributed by atoms with Crippen molar-refractivity contribution >= 4 is 21.7 Å². The molecule has 1 aliphatic rings. The van der Waals surface area contributed by atoms with Crippen molar-refractivity contribution in [2.75, 3.05) is 6.79 Å². The van der Waals surface area contributed by atoms with E-state index in [2.05, 4.69) is 15.9 Å². The number of Topliss-reactive ketones (excluding diaryl/α,β-unsaturated/α-hetero) is 1. The van der Waals surface area contributed by atoms with Gasteiger partial charge in [0.25, 0.3) is 0 Å². The van der Waals surface area contributed by atoms with Crippen LogP contribution in [0.3, 0.4) is 0 Å². The second-order valence-electron chi connectivity index (χ2n) is 4.30. The Labute approximate surface area is 119 Å². The molecule has 3 nitrogen and oxygen atoms in total. The largest absolute Gasteiger partial charge is 0.454 e. The summed E-state index contributed by atoms with van der Waals surface area (Å²) in [5.41, 5.74) is 1.63. The van der Waals surface area contributed by atoms with Crippen molar-refractivity contribution in [3.05, 3.63) is 58.1 Å². The molecule has 1 heterocycles. The van der Waals surface area contributed by atoms with Gasteiger partial charge in [0, 0.05) is 16.5 Å². The van der Waals surface area contributed by atoms with Crippen molar-refractivity contribution in [3.63, 3.8) is 0 Å². The molecule has 0 unspecified atom stereocenters. The summed E-state index contributed by atoms with van der Waals surface area (Å²) < 4.78 is 11.5. The van der Waals surface area contributed by atoms with Gasteiger partial charge in [-0.2, -0.15) is 0 Å². The topological polar surface area (TPSA) is 35.5 Å². The maximum Gasteiger partial charge on any atom is 0.231 e. The lowest BCUT2D eigenvalue weighted by molar-refractivity contribution is 0.0992. The van der Waals surface area contributed by atoms with Gasteiger partial charge in [0.15, 0.2) is 17.3 Å². The summed E-state index contributed by atoms with van der Waals surface area (Å²) in [7, 11) is 0. The van der Waals surface area contributed by atoms with Crippen LogP contribution in [0.2, 0.25) is 0 Å². The molecule has 0 bridgehead atoms. The molecular weight excluding hydrogens is 308 g/mol. The van der Waals surface area contributed by atoms with Crippen molar-refractivity contribution in [3.8, 4) is 11.5 Å². The van der Waals surface area contributed by atoms with E-state index in [4.69, 9.17) is 9.47 Å². The number of halogens is 1. The first-order valence-corrected chi connectivity index (χ1v) is 6.69. The molecule has 19 heavy (non-hydrogen) atoms. The Morgan fingerprint density at radius 1 is 1.11 bits per heavy atom. The van der Waals surface area contributed by atoms with Crippen LogP contribution >= 0.6 is 15.9 Å². The number of ketones is 1. The summed E-state index contributed by atoms with van der Waals surface area (Å²) in [4.78, 5) is 12.2. The van der Waals surface area contributed by atoms with Crippen LogP contribution in [-0.4, -0.2) is 12.6 Å². The van der Waals surface area contributed by atoms with Crippen molar-refractivity contribution in [1.29, 1.82) is 0 Å². The van der Waals surface area contributed by atoms with Crippen LogP contribution in [0.25, 0.3) is 0 Å². The van der Waals surface area contributed by atoms with Gasteiger partial charge in [-0.1, -0.05) is 28.1 Å². The number of rotatable bonds is 3. The zero-order chi connectivity index (χ0) is 13.2. The highest BCUT2D eigenvalue weighted by molar-refractivity contribution is 9.10. The smallest absolute Gasteiger partial charge is 0.231 e.